The first-order chi connectivity index (χ1) is 10.6. The molecule has 120 valence electrons. The highest BCUT2D eigenvalue weighted by atomic mass is 19.1. The number of esters is 1. The van der Waals surface area contributed by atoms with Crippen molar-refractivity contribution in [1.29, 1.82) is 0 Å². The summed E-state index contributed by atoms with van der Waals surface area (Å²) in [5, 5.41) is 0. The monoisotopic (exact) mass is 309 g/mol. The average Bonchev–Trinajstić information content (AvgIpc) is 2.52. The summed E-state index contributed by atoms with van der Waals surface area (Å²) in [4.78, 5) is 24.7. The van der Waals surface area contributed by atoms with Gasteiger partial charge in [0.15, 0.2) is 0 Å². The molecule has 1 aliphatic rings. The van der Waals surface area contributed by atoms with Gasteiger partial charge in [-0.15, -0.1) is 0 Å². The highest BCUT2D eigenvalue weighted by Crippen LogP contribution is 2.23. The zero-order valence-corrected chi connectivity index (χ0v) is 12.5. The minimum atomic E-state index is -1.15. The van der Waals surface area contributed by atoms with Gasteiger partial charge in [0.25, 0.3) is 0 Å². The van der Waals surface area contributed by atoms with E-state index in [1.807, 2.05) is 30.3 Å². The van der Waals surface area contributed by atoms with Crippen LogP contribution in [0.3, 0.4) is 0 Å². The van der Waals surface area contributed by atoms with Gasteiger partial charge in [0.2, 0.25) is 0 Å². The van der Waals surface area contributed by atoms with E-state index in [0.29, 0.717) is 6.54 Å². The van der Waals surface area contributed by atoms with Crippen molar-refractivity contribution in [2.75, 3.05) is 20.2 Å². The van der Waals surface area contributed by atoms with E-state index >= 15 is 0 Å². The van der Waals surface area contributed by atoms with Gasteiger partial charge in [0, 0.05) is 6.54 Å². The molecule has 0 N–H and O–H groups in total. The zero-order valence-electron chi connectivity index (χ0n) is 12.5. The first kappa shape index (κ1) is 16.3. The van der Waals surface area contributed by atoms with Gasteiger partial charge in [-0.2, -0.15) is 0 Å². The second-order valence-corrected chi connectivity index (χ2v) is 5.42. The molecule has 1 aromatic carbocycles. The standard InChI is InChI=1S/C16H20FNO4/c1-21-15(19)8-13-7-14(17)10-18(9-13)16(20)22-11-12-5-3-2-4-6-12/h2-6,13-14H,7-11H2,1H3/t13-,14+/m1/s1. The van der Waals surface area contributed by atoms with E-state index in [9.17, 15) is 14.0 Å². The van der Waals surface area contributed by atoms with Gasteiger partial charge in [-0.05, 0) is 17.9 Å². The fourth-order valence-corrected chi connectivity index (χ4v) is 2.56. The molecule has 1 aliphatic heterocycles. The van der Waals surface area contributed by atoms with E-state index in [0.717, 1.165) is 5.56 Å². The largest absolute Gasteiger partial charge is 0.469 e. The van der Waals surface area contributed by atoms with Crippen molar-refractivity contribution >= 4 is 12.1 Å². The van der Waals surface area contributed by atoms with Gasteiger partial charge in [-0.1, -0.05) is 30.3 Å². The van der Waals surface area contributed by atoms with Crippen LogP contribution in [-0.4, -0.2) is 43.3 Å². The zero-order chi connectivity index (χ0) is 15.9. The van der Waals surface area contributed by atoms with E-state index in [4.69, 9.17) is 4.74 Å². The normalized spacial score (nSPS) is 21.3. The van der Waals surface area contributed by atoms with Crippen molar-refractivity contribution in [3.05, 3.63) is 35.9 Å². The van der Waals surface area contributed by atoms with Crippen molar-refractivity contribution in [3.63, 3.8) is 0 Å². The molecule has 0 aliphatic carbocycles. The Morgan fingerprint density at radius 2 is 2.00 bits per heavy atom. The summed E-state index contributed by atoms with van der Waals surface area (Å²) in [6.45, 7) is 0.462. The van der Waals surface area contributed by atoms with E-state index in [1.165, 1.54) is 12.0 Å². The molecule has 1 aromatic rings. The Labute approximate surface area is 129 Å². The third-order valence-corrected chi connectivity index (χ3v) is 3.63. The first-order valence-corrected chi connectivity index (χ1v) is 7.25. The molecule has 0 bridgehead atoms. The summed E-state index contributed by atoms with van der Waals surface area (Å²) in [7, 11) is 1.30. The van der Waals surface area contributed by atoms with E-state index in [-0.39, 0.29) is 31.9 Å². The smallest absolute Gasteiger partial charge is 0.410 e. The quantitative estimate of drug-likeness (QED) is 0.802. The number of ether oxygens (including phenoxy) is 2. The molecule has 0 spiro atoms. The second kappa shape index (κ2) is 7.77. The third kappa shape index (κ3) is 4.72. The Morgan fingerprint density at radius 3 is 2.68 bits per heavy atom. The van der Waals surface area contributed by atoms with Crippen LogP contribution < -0.4 is 0 Å². The van der Waals surface area contributed by atoms with Crippen LogP contribution in [0.4, 0.5) is 9.18 Å². The van der Waals surface area contributed by atoms with Crippen molar-refractivity contribution in [3.8, 4) is 0 Å². The molecule has 1 heterocycles. The Morgan fingerprint density at radius 1 is 1.27 bits per heavy atom. The number of rotatable bonds is 4. The lowest BCUT2D eigenvalue weighted by Gasteiger charge is -2.33. The Kier molecular flexibility index (Phi) is 5.75. The predicted molar refractivity (Wildman–Crippen MR) is 77.8 cm³/mol. The lowest BCUT2D eigenvalue weighted by Crippen LogP contribution is -2.45. The van der Waals surface area contributed by atoms with Crippen LogP contribution in [0.1, 0.15) is 18.4 Å². The highest BCUT2D eigenvalue weighted by molar-refractivity contribution is 5.70. The topological polar surface area (TPSA) is 55.8 Å². The van der Waals surface area contributed by atoms with E-state index < -0.39 is 18.2 Å². The molecule has 1 saturated heterocycles. The summed E-state index contributed by atoms with van der Waals surface area (Å²) < 4.78 is 23.6. The van der Waals surface area contributed by atoms with Crippen LogP contribution in [0, 0.1) is 5.92 Å². The number of hydrogen-bond donors (Lipinski definition) is 0. The number of benzene rings is 1. The average molecular weight is 309 g/mol. The molecule has 0 aromatic heterocycles. The van der Waals surface area contributed by atoms with Crippen molar-refractivity contribution in [2.24, 2.45) is 5.92 Å². The minimum absolute atomic E-state index is 0.00525. The van der Waals surface area contributed by atoms with Crippen LogP contribution in [0.2, 0.25) is 0 Å². The molecule has 1 amide bonds. The molecular formula is C16H20FNO4. The predicted octanol–water partition coefficient (Wildman–Crippen LogP) is 2.55. The van der Waals surface area contributed by atoms with Gasteiger partial charge in [-0.3, -0.25) is 4.79 Å². The number of carbonyl (C=O) groups excluding carboxylic acids is 2. The summed E-state index contributed by atoms with van der Waals surface area (Å²) >= 11 is 0. The van der Waals surface area contributed by atoms with Crippen molar-refractivity contribution < 1.29 is 23.5 Å². The summed E-state index contributed by atoms with van der Waals surface area (Å²) in [6, 6.07) is 9.28. The molecule has 2 rings (SSSR count). The van der Waals surface area contributed by atoms with Crippen LogP contribution in [0.5, 0.6) is 0 Å². The molecule has 1 fully saturated rings. The Bertz CT molecular complexity index is 508. The summed E-state index contributed by atoms with van der Waals surface area (Å²) in [5.74, 6) is -0.628. The lowest BCUT2D eigenvalue weighted by molar-refractivity contribution is -0.142. The molecule has 22 heavy (non-hydrogen) atoms. The first-order valence-electron chi connectivity index (χ1n) is 7.25. The Balaban J connectivity index is 1.86. The number of halogens is 1. The fraction of sp³-hybridized carbons (Fsp3) is 0.500. The van der Waals surface area contributed by atoms with Crippen molar-refractivity contribution in [2.45, 2.75) is 25.6 Å². The van der Waals surface area contributed by atoms with Crippen LogP contribution in [0.25, 0.3) is 0 Å². The van der Waals surface area contributed by atoms with Gasteiger partial charge in [0.05, 0.1) is 20.1 Å². The van der Waals surface area contributed by atoms with Gasteiger partial charge in [0.1, 0.15) is 12.8 Å². The summed E-state index contributed by atoms with van der Waals surface area (Å²) in [6.07, 6.45) is -1.33. The fourth-order valence-electron chi connectivity index (χ4n) is 2.56. The molecule has 5 nitrogen and oxygen atoms in total. The molecular weight excluding hydrogens is 289 g/mol. The maximum atomic E-state index is 13.8. The maximum Gasteiger partial charge on any atom is 0.410 e. The van der Waals surface area contributed by atoms with E-state index in [2.05, 4.69) is 4.74 Å². The molecule has 0 radical (unpaired) electrons. The molecule has 0 saturated carbocycles. The second-order valence-electron chi connectivity index (χ2n) is 5.42. The number of piperidine rings is 1. The Hall–Kier alpha value is -2.11. The number of methoxy groups -OCH3 is 1. The van der Waals surface area contributed by atoms with Gasteiger partial charge in [-0.25, -0.2) is 9.18 Å². The minimum Gasteiger partial charge on any atom is -0.469 e. The number of carbonyl (C=O) groups is 2. The van der Waals surface area contributed by atoms with Crippen LogP contribution >= 0.6 is 0 Å². The third-order valence-electron chi connectivity index (χ3n) is 3.63. The number of alkyl halides is 1. The highest BCUT2D eigenvalue weighted by Gasteiger charge is 2.32. The SMILES string of the molecule is COC(=O)C[C@H]1C[C@H](F)CN(C(=O)OCc2ccccc2)C1. The number of hydrogen-bond acceptors (Lipinski definition) is 4. The molecule has 0 unspecified atom stereocenters. The lowest BCUT2D eigenvalue weighted by atomic mass is 9.94. The molecule has 6 heteroatoms. The van der Waals surface area contributed by atoms with Gasteiger partial charge < -0.3 is 14.4 Å². The van der Waals surface area contributed by atoms with Crippen LogP contribution in [-0.2, 0) is 20.9 Å². The number of amides is 1. The van der Waals surface area contributed by atoms with Crippen molar-refractivity contribution in [1.82, 2.24) is 4.90 Å². The molecule has 2 atom stereocenters. The summed E-state index contributed by atoms with van der Waals surface area (Å²) in [5.41, 5.74) is 0.871. The number of likely N-dealkylation sites (tertiary alicyclic amines) is 1. The maximum absolute atomic E-state index is 13.8. The number of nitrogens with zero attached hydrogens (tertiary/aromatic N) is 1. The van der Waals surface area contributed by atoms with Crippen LogP contribution in [0.15, 0.2) is 30.3 Å². The van der Waals surface area contributed by atoms with Gasteiger partial charge >= 0.3 is 12.1 Å². The van der Waals surface area contributed by atoms with E-state index in [1.54, 1.807) is 0 Å².